The lowest BCUT2D eigenvalue weighted by atomic mass is 9.42. The van der Waals surface area contributed by atoms with Gasteiger partial charge in [0.25, 0.3) is 0 Å². The summed E-state index contributed by atoms with van der Waals surface area (Å²) in [6.07, 6.45) is 5.69. The van der Waals surface area contributed by atoms with Crippen LogP contribution < -0.4 is 4.74 Å². The fraction of sp³-hybridized carbons (Fsp3) is 0.652. The first-order chi connectivity index (χ1) is 13.2. The molecule has 5 heteroatoms. The van der Waals surface area contributed by atoms with E-state index in [2.05, 4.69) is 27.7 Å². The minimum Gasteiger partial charge on any atom is -0.507 e. The number of carbonyl (C=O) groups excluding carboxylic acids is 2. The van der Waals surface area contributed by atoms with Crippen LogP contribution >= 0.6 is 0 Å². The number of fused-ring (bicyclic) bond motifs is 2. The fourth-order valence-electron chi connectivity index (χ4n) is 6.36. The first-order valence-corrected chi connectivity index (χ1v) is 10.4. The van der Waals surface area contributed by atoms with E-state index in [0.717, 1.165) is 32.1 Å². The van der Waals surface area contributed by atoms with E-state index in [9.17, 15) is 19.8 Å². The van der Waals surface area contributed by atoms with Crippen molar-refractivity contribution >= 4 is 12.6 Å². The van der Waals surface area contributed by atoms with Crippen molar-refractivity contribution in [3.8, 4) is 17.2 Å². The summed E-state index contributed by atoms with van der Waals surface area (Å²) in [5, 5.41) is 21.3. The second-order valence-corrected chi connectivity index (χ2v) is 10.0. The molecule has 2 bridgehead atoms. The van der Waals surface area contributed by atoms with Crippen LogP contribution in [0.4, 0.5) is 0 Å². The van der Waals surface area contributed by atoms with E-state index in [0.29, 0.717) is 35.9 Å². The number of carbonyl (C=O) groups is 2. The number of phenolic OH excluding ortho intramolecular Hbond substituents is 2. The molecule has 3 saturated carbocycles. The highest BCUT2D eigenvalue weighted by atomic mass is 16.5. The predicted octanol–water partition coefficient (Wildman–Crippen LogP) is 4.83. The molecule has 0 aromatic heterocycles. The van der Waals surface area contributed by atoms with Gasteiger partial charge in [-0.25, -0.2) is 0 Å². The second kappa shape index (κ2) is 6.23. The molecule has 28 heavy (non-hydrogen) atoms. The zero-order chi connectivity index (χ0) is 20.4. The Morgan fingerprint density at radius 1 is 1.14 bits per heavy atom. The van der Waals surface area contributed by atoms with Crippen LogP contribution in [0.2, 0.25) is 0 Å². The largest absolute Gasteiger partial charge is 0.507 e. The molecule has 0 amide bonds. The average Bonchev–Trinajstić information content (AvgIpc) is 2.61. The first kappa shape index (κ1) is 19.3. The van der Waals surface area contributed by atoms with Crippen LogP contribution in [0, 0.1) is 23.2 Å². The predicted molar refractivity (Wildman–Crippen MR) is 105 cm³/mol. The van der Waals surface area contributed by atoms with E-state index >= 15 is 0 Å². The minimum atomic E-state index is -0.483. The number of phenols is 2. The summed E-state index contributed by atoms with van der Waals surface area (Å²) < 4.78 is 6.57. The van der Waals surface area contributed by atoms with Gasteiger partial charge in [0.15, 0.2) is 12.6 Å². The minimum absolute atomic E-state index is 0.0121. The Labute approximate surface area is 166 Å². The smallest absolute Gasteiger partial charge is 0.157 e. The lowest BCUT2D eigenvalue weighted by Crippen LogP contribution is -2.65. The van der Waals surface area contributed by atoms with Crippen molar-refractivity contribution < 1.29 is 24.5 Å². The summed E-state index contributed by atoms with van der Waals surface area (Å²) in [5.41, 5.74) is 0.0839. The molecule has 1 aromatic rings. The molecule has 1 spiro atoms. The summed E-state index contributed by atoms with van der Waals surface area (Å²) in [7, 11) is 0. The quantitative estimate of drug-likeness (QED) is 0.724. The molecule has 1 heterocycles. The zero-order valence-electron chi connectivity index (χ0n) is 17.1. The van der Waals surface area contributed by atoms with Crippen molar-refractivity contribution in [1.82, 2.24) is 0 Å². The summed E-state index contributed by atoms with van der Waals surface area (Å²) in [6.45, 7) is 8.86. The van der Waals surface area contributed by atoms with Crippen LogP contribution in [0.1, 0.15) is 92.0 Å². The van der Waals surface area contributed by atoms with E-state index in [4.69, 9.17) is 4.74 Å². The normalized spacial score (nSPS) is 32.4. The maximum atomic E-state index is 11.9. The summed E-state index contributed by atoms with van der Waals surface area (Å²) in [5.74, 6) is 1.02. The maximum Gasteiger partial charge on any atom is 0.157 e. The van der Waals surface area contributed by atoms with Gasteiger partial charge in [-0.05, 0) is 55.3 Å². The highest BCUT2D eigenvalue weighted by molar-refractivity contribution is 5.95. The van der Waals surface area contributed by atoms with E-state index < -0.39 is 5.75 Å². The second-order valence-electron chi connectivity index (χ2n) is 10.0. The lowest BCUT2D eigenvalue weighted by molar-refractivity contribution is -0.199. The number of aldehydes is 2. The molecular formula is C23H30O5. The summed E-state index contributed by atoms with van der Waals surface area (Å²) in [4.78, 5) is 23.4. The van der Waals surface area contributed by atoms with Crippen molar-refractivity contribution in [1.29, 1.82) is 0 Å². The summed E-state index contributed by atoms with van der Waals surface area (Å²) >= 11 is 0. The van der Waals surface area contributed by atoms with Crippen molar-refractivity contribution in [2.24, 2.45) is 23.2 Å². The number of hydrogen-bond acceptors (Lipinski definition) is 5. The van der Waals surface area contributed by atoms with Crippen molar-refractivity contribution in [2.75, 3.05) is 0 Å². The van der Waals surface area contributed by atoms with Gasteiger partial charge in [0.05, 0.1) is 11.1 Å². The van der Waals surface area contributed by atoms with E-state index in [1.807, 2.05) is 0 Å². The molecular weight excluding hydrogens is 356 g/mol. The number of rotatable bonds is 4. The Morgan fingerprint density at radius 3 is 2.36 bits per heavy atom. The van der Waals surface area contributed by atoms with Crippen molar-refractivity contribution in [2.45, 2.75) is 71.3 Å². The third-order valence-electron chi connectivity index (χ3n) is 7.83. The Kier molecular flexibility index (Phi) is 4.29. The van der Waals surface area contributed by atoms with Crippen LogP contribution in [-0.4, -0.2) is 28.4 Å². The molecule has 5 rings (SSSR count). The van der Waals surface area contributed by atoms with Gasteiger partial charge in [0, 0.05) is 11.5 Å². The van der Waals surface area contributed by atoms with Gasteiger partial charge in [-0.1, -0.05) is 27.7 Å². The van der Waals surface area contributed by atoms with Crippen LogP contribution in [0.5, 0.6) is 17.2 Å². The molecule has 152 valence electrons. The zero-order valence-corrected chi connectivity index (χ0v) is 17.1. The van der Waals surface area contributed by atoms with E-state index in [1.165, 1.54) is 0 Å². The molecule has 1 aromatic carbocycles. The fourth-order valence-corrected chi connectivity index (χ4v) is 6.36. The average molecular weight is 386 g/mol. The SMILES string of the molecule is CC(C)C[C@H]1C[C@@]2(CC[C@H]3CC2C3(C)C)Oc2c(C=O)c(O)c(C=O)c(O)c21. The molecule has 3 fully saturated rings. The van der Waals surface area contributed by atoms with E-state index in [1.54, 1.807) is 0 Å². The van der Waals surface area contributed by atoms with Crippen LogP contribution in [0.3, 0.4) is 0 Å². The van der Waals surface area contributed by atoms with Gasteiger partial charge in [-0.2, -0.15) is 0 Å². The lowest BCUT2D eigenvalue weighted by Gasteiger charge is -2.66. The molecule has 4 aliphatic rings. The van der Waals surface area contributed by atoms with Crippen molar-refractivity contribution in [3.63, 3.8) is 0 Å². The van der Waals surface area contributed by atoms with Crippen LogP contribution in [0.15, 0.2) is 0 Å². The Morgan fingerprint density at radius 2 is 1.82 bits per heavy atom. The molecule has 5 nitrogen and oxygen atoms in total. The van der Waals surface area contributed by atoms with Crippen LogP contribution in [-0.2, 0) is 0 Å². The van der Waals surface area contributed by atoms with Gasteiger partial charge in [-0.15, -0.1) is 0 Å². The molecule has 0 saturated heterocycles. The van der Waals surface area contributed by atoms with Gasteiger partial charge in [0.2, 0.25) is 0 Å². The number of aromatic hydroxyl groups is 2. The number of hydrogen-bond donors (Lipinski definition) is 2. The number of ether oxygens (including phenoxy) is 1. The molecule has 0 radical (unpaired) electrons. The van der Waals surface area contributed by atoms with Crippen LogP contribution in [0.25, 0.3) is 0 Å². The molecule has 4 atom stereocenters. The van der Waals surface area contributed by atoms with Gasteiger partial charge in [0.1, 0.15) is 22.8 Å². The highest BCUT2D eigenvalue weighted by Crippen LogP contribution is 2.67. The van der Waals surface area contributed by atoms with Gasteiger partial charge in [-0.3, -0.25) is 9.59 Å². The maximum absolute atomic E-state index is 11.9. The molecule has 3 aliphatic carbocycles. The topological polar surface area (TPSA) is 83.8 Å². The van der Waals surface area contributed by atoms with Gasteiger partial charge >= 0.3 is 0 Å². The van der Waals surface area contributed by atoms with Crippen molar-refractivity contribution in [3.05, 3.63) is 16.7 Å². The first-order valence-electron chi connectivity index (χ1n) is 10.4. The number of benzene rings is 1. The Hall–Kier alpha value is -2.04. The third kappa shape index (κ3) is 2.44. The standard InChI is InChI=1S/C23H30O5/c1-12(2)7-13-9-23(6-5-14-8-17(23)22(14,3)4)28-21-16(11-25)19(26)15(10-24)20(27)18(13)21/h10-14,17,26-27H,5-9H2,1-4H3/t13-,14-,17?,23+/m0/s1. The van der Waals surface area contributed by atoms with E-state index in [-0.39, 0.29) is 39.6 Å². The molecule has 2 N–H and O–H groups in total. The van der Waals surface area contributed by atoms with Gasteiger partial charge < -0.3 is 14.9 Å². The Bertz CT molecular complexity index is 838. The Balaban J connectivity index is 1.91. The monoisotopic (exact) mass is 386 g/mol. The third-order valence-corrected chi connectivity index (χ3v) is 7.83. The highest BCUT2D eigenvalue weighted by Gasteiger charge is 2.64. The molecule has 1 unspecified atom stereocenters. The molecule has 1 aliphatic heterocycles. The summed E-state index contributed by atoms with van der Waals surface area (Å²) in [6, 6.07) is 0.